The van der Waals surface area contributed by atoms with Crippen LogP contribution in [-0.4, -0.2) is 30.6 Å². The number of imide groups is 1. The van der Waals surface area contributed by atoms with E-state index >= 15 is 0 Å². The lowest BCUT2D eigenvalue weighted by atomic mass is 9.79. The van der Waals surface area contributed by atoms with E-state index in [0.29, 0.717) is 18.4 Å². The molecule has 1 aliphatic rings. The molecule has 1 saturated carbocycles. The van der Waals surface area contributed by atoms with Crippen LogP contribution in [0.2, 0.25) is 0 Å². The number of benzene rings is 1. The maximum Gasteiger partial charge on any atom is 0.321 e. The normalized spacial score (nSPS) is 16.6. The molecule has 2 N–H and O–H groups in total. The topological polar surface area (TPSA) is 84.5 Å². The summed E-state index contributed by atoms with van der Waals surface area (Å²) in [4.78, 5) is 36.1. The summed E-state index contributed by atoms with van der Waals surface area (Å²) in [7, 11) is 0. The summed E-state index contributed by atoms with van der Waals surface area (Å²) in [5.41, 5.74) is -0.163. The average molecular weight is 364 g/mol. The first-order valence-electron chi connectivity index (χ1n) is 8.91. The highest BCUT2D eigenvalue weighted by Crippen LogP contribution is 2.42. The van der Waals surface area contributed by atoms with Gasteiger partial charge in [-0.05, 0) is 43.9 Å². The van der Waals surface area contributed by atoms with Crippen LogP contribution in [0.1, 0.15) is 51.5 Å². The Balaban J connectivity index is 1.95. The van der Waals surface area contributed by atoms with Crippen molar-refractivity contribution in [3.8, 4) is 0 Å². The fraction of sp³-hybridized carbons (Fsp3) is 0.526. The summed E-state index contributed by atoms with van der Waals surface area (Å²) >= 11 is 0. The number of carbonyl (C=O) groups excluding carboxylic acids is 3. The van der Waals surface area contributed by atoms with Crippen molar-refractivity contribution in [3.63, 3.8) is 0 Å². The first-order chi connectivity index (χ1) is 12.4. The third-order valence-electron chi connectivity index (χ3n) is 4.82. The van der Waals surface area contributed by atoms with Crippen LogP contribution in [0.25, 0.3) is 0 Å². The van der Waals surface area contributed by atoms with Gasteiger partial charge in [0, 0.05) is 6.04 Å². The Kier molecular flexibility index (Phi) is 6.71. The molecule has 0 radical (unpaired) electrons. The third kappa shape index (κ3) is 4.80. The molecule has 26 heavy (non-hydrogen) atoms. The molecular formula is C19H25FN2O4. The van der Waals surface area contributed by atoms with E-state index in [4.69, 9.17) is 4.74 Å². The number of halogens is 1. The molecule has 7 heteroatoms. The first-order valence-corrected chi connectivity index (χ1v) is 8.91. The lowest BCUT2D eigenvalue weighted by molar-refractivity contribution is -0.154. The van der Waals surface area contributed by atoms with Gasteiger partial charge in [-0.3, -0.25) is 14.9 Å². The van der Waals surface area contributed by atoms with Gasteiger partial charge in [0.1, 0.15) is 5.82 Å². The van der Waals surface area contributed by atoms with Crippen LogP contribution < -0.4 is 10.6 Å². The number of nitrogens with one attached hydrogen (secondary N) is 2. The number of rotatable bonds is 6. The van der Waals surface area contributed by atoms with Crippen molar-refractivity contribution in [3.05, 3.63) is 35.6 Å². The third-order valence-corrected chi connectivity index (χ3v) is 4.82. The highest BCUT2D eigenvalue weighted by atomic mass is 19.1. The molecule has 0 aliphatic heterocycles. The molecule has 2 rings (SSSR count). The van der Waals surface area contributed by atoms with E-state index in [-0.39, 0.29) is 11.9 Å². The molecule has 1 aromatic carbocycles. The molecule has 0 aromatic heterocycles. The summed E-state index contributed by atoms with van der Waals surface area (Å²) in [6.07, 6.45) is 3.63. The van der Waals surface area contributed by atoms with E-state index in [9.17, 15) is 18.8 Å². The number of urea groups is 1. The molecule has 3 amide bonds. The van der Waals surface area contributed by atoms with Gasteiger partial charge in [0.2, 0.25) is 0 Å². The molecule has 0 spiro atoms. The molecule has 0 unspecified atom stereocenters. The van der Waals surface area contributed by atoms with Gasteiger partial charge in [0.05, 0.1) is 5.41 Å². The number of amides is 3. The Morgan fingerprint density at radius 1 is 1.19 bits per heavy atom. The fourth-order valence-electron chi connectivity index (χ4n) is 3.15. The second kappa shape index (κ2) is 8.78. The lowest BCUT2D eigenvalue weighted by Gasteiger charge is -2.27. The van der Waals surface area contributed by atoms with E-state index in [2.05, 4.69) is 10.6 Å². The molecule has 0 saturated heterocycles. The van der Waals surface area contributed by atoms with E-state index in [1.54, 1.807) is 12.1 Å². The van der Waals surface area contributed by atoms with E-state index in [0.717, 1.165) is 19.3 Å². The quantitative estimate of drug-likeness (QED) is 0.760. The predicted molar refractivity (Wildman–Crippen MR) is 93.9 cm³/mol. The van der Waals surface area contributed by atoms with Crippen LogP contribution in [0.4, 0.5) is 9.18 Å². The Hall–Kier alpha value is -2.44. The zero-order valence-electron chi connectivity index (χ0n) is 15.1. The van der Waals surface area contributed by atoms with Gasteiger partial charge >= 0.3 is 12.0 Å². The highest BCUT2D eigenvalue weighted by molar-refractivity contribution is 5.96. The minimum Gasteiger partial charge on any atom is -0.455 e. The molecule has 1 aliphatic carbocycles. The van der Waals surface area contributed by atoms with Crippen molar-refractivity contribution < 1.29 is 23.5 Å². The van der Waals surface area contributed by atoms with E-state index in [1.165, 1.54) is 12.1 Å². The van der Waals surface area contributed by atoms with E-state index < -0.39 is 29.9 Å². The van der Waals surface area contributed by atoms with Gasteiger partial charge in [-0.15, -0.1) is 0 Å². The zero-order valence-corrected chi connectivity index (χ0v) is 15.1. The minimum atomic E-state index is -0.854. The summed E-state index contributed by atoms with van der Waals surface area (Å²) in [6.45, 7) is 3.19. The Morgan fingerprint density at radius 2 is 1.81 bits per heavy atom. The van der Waals surface area contributed by atoms with Crippen LogP contribution in [0.3, 0.4) is 0 Å². The van der Waals surface area contributed by atoms with Crippen LogP contribution in [0.5, 0.6) is 0 Å². The van der Waals surface area contributed by atoms with Crippen molar-refractivity contribution in [2.45, 2.75) is 57.4 Å². The van der Waals surface area contributed by atoms with E-state index in [1.807, 2.05) is 13.8 Å². The van der Waals surface area contributed by atoms with Crippen LogP contribution >= 0.6 is 0 Å². The van der Waals surface area contributed by atoms with Gasteiger partial charge in [-0.2, -0.15) is 0 Å². The van der Waals surface area contributed by atoms with Gasteiger partial charge in [0.15, 0.2) is 6.61 Å². The van der Waals surface area contributed by atoms with Crippen molar-refractivity contribution >= 4 is 17.9 Å². The van der Waals surface area contributed by atoms with Gasteiger partial charge in [-0.25, -0.2) is 9.18 Å². The molecule has 0 bridgehead atoms. The van der Waals surface area contributed by atoms with Gasteiger partial charge < -0.3 is 10.1 Å². The summed E-state index contributed by atoms with van der Waals surface area (Å²) < 4.78 is 18.4. The molecular weight excluding hydrogens is 339 g/mol. The maximum atomic E-state index is 13.2. The fourth-order valence-corrected chi connectivity index (χ4v) is 3.15. The Labute approximate surface area is 152 Å². The number of carbonyl (C=O) groups is 3. The van der Waals surface area contributed by atoms with Crippen LogP contribution in [-0.2, 0) is 19.7 Å². The second-order valence-electron chi connectivity index (χ2n) is 6.70. The van der Waals surface area contributed by atoms with Crippen molar-refractivity contribution in [2.75, 3.05) is 6.61 Å². The number of hydrogen-bond donors (Lipinski definition) is 2. The van der Waals surface area contributed by atoms with Gasteiger partial charge in [-0.1, -0.05) is 31.9 Å². The first kappa shape index (κ1) is 19.9. The largest absolute Gasteiger partial charge is 0.455 e. The van der Waals surface area contributed by atoms with Gasteiger partial charge in [0.25, 0.3) is 5.91 Å². The van der Waals surface area contributed by atoms with Crippen LogP contribution in [0.15, 0.2) is 24.3 Å². The minimum absolute atomic E-state index is 0.0643. The maximum absolute atomic E-state index is 13.2. The molecule has 142 valence electrons. The SMILES string of the molecule is CC[C@H](C)NC(=O)NC(=O)COC(=O)C1(c2ccc(F)cc2)CCCC1. The summed E-state index contributed by atoms with van der Waals surface area (Å²) in [6, 6.07) is 5.12. The van der Waals surface area contributed by atoms with Crippen molar-refractivity contribution in [1.82, 2.24) is 10.6 Å². The molecule has 6 nitrogen and oxygen atoms in total. The smallest absolute Gasteiger partial charge is 0.321 e. The Bertz CT molecular complexity index is 654. The monoisotopic (exact) mass is 364 g/mol. The number of ether oxygens (including phenoxy) is 1. The van der Waals surface area contributed by atoms with Crippen molar-refractivity contribution in [1.29, 1.82) is 0 Å². The standard InChI is InChI=1S/C19H25FN2O4/c1-3-13(2)21-18(25)22-16(23)12-26-17(24)19(10-4-5-11-19)14-6-8-15(20)9-7-14/h6-9,13H,3-5,10-12H2,1-2H3,(H2,21,22,23,25)/t13-/m0/s1. The number of esters is 1. The average Bonchev–Trinajstić information content (AvgIpc) is 3.11. The van der Waals surface area contributed by atoms with Crippen LogP contribution in [0, 0.1) is 5.82 Å². The highest BCUT2D eigenvalue weighted by Gasteiger charge is 2.44. The summed E-state index contributed by atoms with van der Waals surface area (Å²) in [5.74, 6) is -1.58. The van der Waals surface area contributed by atoms with Crippen molar-refractivity contribution in [2.24, 2.45) is 0 Å². The predicted octanol–water partition coefficient (Wildman–Crippen LogP) is 2.81. The lowest BCUT2D eigenvalue weighted by Crippen LogP contribution is -2.45. The molecule has 0 heterocycles. The Morgan fingerprint density at radius 3 is 2.38 bits per heavy atom. The molecule has 1 aromatic rings. The second-order valence-corrected chi connectivity index (χ2v) is 6.70. The zero-order chi connectivity index (χ0) is 19.2. The summed E-state index contributed by atoms with van der Waals surface area (Å²) in [5, 5.41) is 4.73. The molecule has 1 atom stereocenters. The molecule has 1 fully saturated rings. The number of hydrogen-bond acceptors (Lipinski definition) is 4.